The molecule has 8 nitrogen and oxygen atoms in total. The Kier molecular flexibility index (Phi) is 20.7. The third-order valence-corrected chi connectivity index (χ3v) is 7.04. The summed E-state index contributed by atoms with van der Waals surface area (Å²) in [5.41, 5.74) is 7.82. The summed E-state index contributed by atoms with van der Waals surface area (Å²) in [6, 6.07) is 10.1. The third-order valence-electron chi connectivity index (χ3n) is 7.04. The lowest BCUT2D eigenvalue weighted by Gasteiger charge is -2.28. The second kappa shape index (κ2) is 22.4. The van der Waals surface area contributed by atoms with Crippen molar-refractivity contribution in [1.29, 1.82) is 0 Å². The highest BCUT2D eigenvalue weighted by Gasteiger charge is 2.29. The SMILES string of the molecule is C=C(N)c1cc(C(=O)NC(Cc2ccc(O)cc2)C(O)C(O)CCOC)cc(C(=O)C(C)CC)c1.CCCC.CCCC. The molecule has 2 aromatic rings. The molecule has 43 heavy (non-hydrogen) atoms. The number of unbranched alkanes of at least 4 members (excludes halogenated alkanes) is 2. The molecule has 0 aliphatic carbocycles. The number of rotatable bonds is 15. The fourth-order valence-electron chi connectivity index (χ4n) is 3.63. The molecule has 0 aliphatic heterocycles. The molecule has 0 heterocycles. The second-order valence-corrected chi connectivity index (χ2v) is 10.8. The van der Waals surface area contributed by atoms with E-state index in [-0.39, 0.29) is 48.2 Å². The number of phenols is 1. The molecule has 0 aliphatic rings. The van der Waals surface area contributed by atoms with Gasteiger partial charge in [-0.15, -0.1) is 0 Å². The number of carbonyl (C=O) groups excluding carboxylic acids is 2. The average Bonchev–Trinajstić information content (AvgIpc) is 3.02. The molecule has 2 aromatic carbocycles. The van der Waals surface area contributed by atoms with E-state index >= 15 is 0 Å². The molecule has 1 amide bonds. The number of methoxy groups -OCH3 is 1. The molecule has 4 atom stereocenters. The Morgan fingerprint density at radius 3 is 1.88 bits per heavy atom. The number of carbonyl (C=O) groups is 2. The van der Waals surface area contributed by atoms with Crippen molar-refractivity contribution in [2.24, 2.45) is 11.7 Å². The maximum Gasteiger partial charge on any atom is 0.251 e. The maximum absolute atomic E-state index is 13.3. The number of nitrogens with one attached hydrogen (secondary N) is 1. The Morgan fingerprint density at radius 2 is 1.42 bits per heavy atom. The van der Waals surface area contributed by atoms with Crippen LogP contribution in [0.25, 0.3) is 5.70 Å². The monoisotopic (exact) mass is 600 g/mol. The molecule has 0 radical (unpaired) electrons. The normalized spacial score (nSPS) is 13.2. The number of phenolic OH excluding ortho intramolecular Hbond substituents is 1. The largest absolute Gasteiger partial charge is 0.508 e. The van der Waals surface area contributed by atoms with Crippen molar-refractivity contribution < 1.29 is 29.6 Å². The van der Waals surface area contributed by atoms with Gasteiger partial charge in [0.25, 0.3) is 5.91 Å². The van der Waals surface area contributed by atoms with E-state index in [1.807, 2.05) is 13.8 Å². The fraction of sp³-hybridized carbons (Fsp3) is 0.543. The zero-order chi connectivity index (χ0) is 32.9. The van der Waals surface area contributed by atoms with Crippen LogP contribution in [0.1, 0.15) is 112 Å². The van der Waals surface area contributed by atoms with Crippen molar-refractivity contribution in [1.82, 2.24) is 5.32 Å². The molecule has 4 unspecified atom stereocenters. The van der Waals surface area contributed by atoms with Crippen LogP contribution in [0.15, 0.2) is 49.0 Å². The van der Waals surface area contributed by atoms with Crippen LogP contribution in [-0.4, -0.2) is 59.0 Å². The summed E-state index contributed by atoms with van der Waals surface area (Å²) in [4.78, 5) is 26.1. The molecular formula is C35H56N2O6. The minimum absolute atomic E-state index is 0.0901. The van der Waals surface area contributed by atoms with E-state index in [4.69, 9.17) is 10.5 Å². The Hall–Kier alpha value is -3.20. The Morgan fingerprint density at radius 1 is 0.907 bits per heavy atom. The van der Waals surface area contributed by atoms with Gasteiger partial charge in [-0.1, -0.05) is 85.9 Å². The van der Waals surface area contributed by atoms with Crippen LogP contribution >= 0.6 is 0 Å². The molecule has 2 rings (SSSR count). The predicted octanol–water partition coefficient (Wildman–Crippen LogP) is 6.26. The quantitative estimate of drug-likeness (QED) is 0.152. The van der Waals surface area contributed by atoms with Crippen LogP contribution < -0.4 is 11.1 Å². The average molecular weight is 601 g/mol. The number of aliphatic hydroxyl groups excluding tert-OH is 2. The van der Waals surface area contributed by atoms with Crippen LogP contribution in [-0.2, 0) is 11.2 Å². The molecule has 242 valence electrons. The zero-order valence-electron chi connectivity index (χ0n) is 27.4. The minimum Gasteiger partial charge on any atom is -0.508 e. The molecule has 0 saturated heterocycles. The second-order valence-electron chi connectivity index (χ2n) is 10.8. The Labute approximate surface area is 259 Å². The van der Waals surface area contributed by atoms with Crippen LogP contribution in [0, 0.1) is 5.92 Å². The Bertz CT molecular complexity index is 1080. The number of ether oxygens (including phenoxy) is 1. The summed E-state index contributed by atoms with van der Waals surface area (Å²) in [5.74, 6) is -0.784. The minimum atomic E-state index is -1.29. The van der Waals surface area contributed by atoms with Crippen LogP contribution in [0.4, 0.5) is 0 Å². The van der Waals surface area contributed by atoms with E-state index in [2.05, 4.69) is 39.6 Å². The summed E-state index contributed by atoms with van der Waals surface area (Å²) < 4.78 is 4.99. The number of Topliss-reactive ketones (excluding diaryl/α,β-unsaturated/α-hetero) is 1. The highest BCUT2D eigenvalue weighted by atomic mass is 16.5. The first-order valence-electron chi connectivity index (χ1n) is 15.5. The van der Waals surface area contributed by atoms with E-state index in [9.17, 15) is 24.9 Å². The van der Waals surface area contributed by atoms with Gasteiger partial charge >= 0.3 is 0 Å². The highest BCUT2D eigenvalue weighted by molar-refractivity contribution is 6.02. The number of nitrogens with two attached hydrogens (primary N) is 1. The van der Waals surface area contributed by atoms with Gasteiger partial charge in [0.05, 0.1) is 12.1 Å². The maximum atomic E-state index is 13.3. The van der Waals surface area contributed by atoms with Crippen molar-refractivity contribution in [2.45, 2.75) is 105 Å². The van der Waals surface area contributed by atoms with Crippen LogP contribution in [0.5, 0.6) is 5.75 Å². The molecule has 8 heteroatoms. The van der Waals surface area contributed by atoms with Gasteiger partial charge in [-0.25, -0.2) is 0 Å². The number of aromatic hydroxyl groups is 1. The molecule has 6 N–H and O–H groups in total. The van der Waals surface area contributed by atoms with Crippen LogP contribution in [0.2, 0.25) is 0 Å². The summed E-state index contributed by atoms with van der Waals surface area (Å²) in [6.45, 7) is 16.4. The number of hydrogen-bond donors (Lipinski definition) is 5. The number of ketones is 1. The smallest absolute Gasteiger partial charge is 0.251 e. The van der Waals surface area contributed by atoms with E-state index in [1.54, 1.807) is 18.2 Å². The van der Waals surface area contributed by atoms with E-state index < -0.39 is 24.2 Å². The van der Waals surface area contributed by atoms with E-state index in [0.29, 0.717) is 17.5 Å². The number of aliphatic hydroxyl groups is 2. The van der Waals surface area contributed by atoms with Gasteiger partial charge < -0.3 is 31.1 Å². The van der Waals surface area contributed by atoms with Crippen LogP contribution in [0.3, 0.4) is 0 Å². The highest BCUT2D eigenvalue weighted by Crippen LogP contribution is 2.20. The van der Waals surface area contributed by atoms with Gasteiger partial charge in [0.15, 0.2) is 5.78 Å². The molecule has 0 bridgehead atoms. The number of hydrogen-bond acceptors (Lipinski definition) is 7. The lowest BCUT2D eigenvalue weighted by Crippen LogP contribution is -2.50. The first kappa shape index (κ1) is 39.8. The standard InChI is InChI=1S/C27H36N2O6.2C4H10/c1-5-16(2)25(32)20-13-19(17(3)28)14-21(15-20)27(34)29-23(26(33)24(31)10-11-35-4)12-18-6-8-22(30)9-7-18;2*1-3-4-2/h6-9,13-16,23-24,26,30-31,33H,3,5,10-12,28H2,1-2,4H3,(H,29,34);2*3-4H2,1-2H3. The summed E-state index contributed by atoms with van der Waals surface area (Å²) in [5, 5.41) is 33.7. The van der Waals surface area contributed by atoms with Crippen molar-refractivity contribution >= 4 is 17.4 Å². The van der Waals surface area contributed by atoms with Crippen molar-refractivity contribution in [3.05, 3.63) is 71.3 Å². The lowest BCUT2D eigenvalue weighted by atomic mass is 9.93. The molecule has 0 aromatic heterocycles. The summed E-state index contributed by atoms with van der Waals surface area (Å²) in [7, 11) is 1.49. The van der Waals surface area contributed by atoms with Gasteiger partial charge in [0.1, 0.15) is 11.9 Å². The zero-order valence-corrected chi connectivity index (χ0v) is 27.4. The number of benzene rings is 2. The molecule has 0 saturated carbocycles. The predicted molar refractivity (Wildman–Crippen MR) is 176 cm³/mol. The van der Waals surface area contributed by atoms with Gasteiger partial charge in [-0.05, 0) is 60.7 Å². The topological polar surface area (TPSA) is 142 Å². The lowest BCUT2D eigenvalue weighted by molar-refractivity contribution is -0.0177. The summed E-state index contributed by atoms with van der Waals surface area (Å²) in [6.07, 6.45) is 3.86. The molecule has 0 fully saturated rings. The Balaban J connectivity index is 0.00000195. The van der Waals surface area contributed by atoms with Crippen molar-refractivity contribution in [2.75, 3.05) is 13.7 Å². The van der Waals surface area contributed by atoms with E-state index in [1.165, 1.54) is 57.1 Å². The third kappa shape index (κ3) is 15.2. The molecule has 0 spiro atoms. The van der Waals surface area contributed by atoms with Crippen molar-refractivity contribution in [3.8, 4) is 5.75 Å². The van der Waals surface area contributed by atoms with Gasteiger partial charge in [0.2, 0.25) is 0 Å². The molecular weight excluding hydrogens is 544 g/mol. The van der Waals surface area contributed by atoms with Crippen molar-refractivity contribution in [3.63, 3.8) is 0 Å². The first-order valence-corrected chi connectivity index (χ1v) is 15.5. The van der Waals surface area contributed by atoms with E-state index in [0.717, 1.165) is 5.56 Å². The van der Waals surface area contributed by atoms with Gasteiger partial charge in [-0.2, -0.15) is 0 Å². The first-order chi connectivity index (χ1) is 20.4. The fourth-order valence-corrected chi connectivity index (χ4v) is 3.63. The van der Waals surface area contributed by atoms with Gasteiger partial charge in [-0.3, -0.25) is 9.59 Å². The number of amides is 1. The van der Waals surface area contributed by atoms with Gasteiger partial charge in [0, 0.05) is 36.5 Å². The summed E-state index contributed by atoms with van der Waals surface area (Å²) >= 11 is 0.